The number of carbonyl (C=O) groups is 1. The zero-order valence-electron chi connectivity index (χ0n) is 42.4. The molecule has 0 spiro atoms. The predicted octanol–water partition coefficient (Wildman–Crippen LogP) is 15.5. The molecule has 0 aliphatic heterocycles. The number of nitrogens with zero attached hydrogens (tertiary/aromatic N) is 1. The minimum atomic E-state index is -4.56. The van der Waals surface area contributed by atoms with Crippen LogP contribution in [0, 0.1) is 0 Å². The molecule has 3 atom stereocenters. The molecule has 0 bridgehead atoms. The topological polar surface area (TPSA) is 108 Å². The van der Waals surface area contributed by atoms with Crippen LogP contribution in [0.15, 0.2) is 0 Å². The summed E-state index contributed by atoms with van der Waals surface area (Å²) in [4.78, 5) is 25.4. The van der Waals surface area contributed by atoms with Gasteiger partial charge in [-0.2, -0.15) is 0 Å². The second-order valence-electron chi connectivity index (χ2n) is 20.3. The molecular formula is C53H109N2O6P. The number of carbonyl (C=O) groups excluding carboxylic acids is 1. The smallest absolute Gasteiger partial charge is 0.268 e. The van der Waals surface area contributed by atoms with Crippen molar-refractivity contribution in [2.45, 2.75) is 296 Å². The molecule has 0 heterocycles. The number of likely N-dealkylation sites (N-methyl/N-ethyl adjacent to an activating group) is 1. The fourth-order valence-corrected chi connectivity index (χ4v) is 9.24. The zero-order chi connectivity index (χ0) is 45.7. The van der Waals surface area contributed by atoms with E-state index in [-0.39, 0.29) is 19.1 Å². The first-order valence-corrected chi connectivity index (χ1v) is 28.8. The van der Waals surface area contributed by atoms with E-state index in [4.69, 9.17) is 9.05 Å². The molecule has 0 saturated heterocycles. The zero-order valence-corrected chi connectivity index (χ0v) is 43.3. The van der Waals surface area contributed by atoms with Crippen LogP contribution in [0.2, 0.25) is 0 Å². The van der Waals surface area contributed by atoms with Gasteiger partial charge in [0.25, 0.3) is 7.82 Å². The number of aliphatic hydroxyl groups is 1. The summed E-state index contributed by atoms with van der Waals surface area (Å²) < 4.78 is 23.3. The first-order valence-electron chi connectivity index (χ1n) is 27.4. The van der Waals surface area contributed by atoms with Crippen LogP contribution in [-0.4, -0.2) is 68.5 Å². The Labute approximate surface area is 387 Å². The van der Waals surface area contributed by atoms with E-state index in [1.807, 2.05) is 21.1 Å². The summed E-state index contributed by atoms with van der Waals surface area (Å²) >= 11 is 0. The molecule has 62 heavy (non-hydrogen) atoms. The number of nitrogens with one attached hydrogen (secondary N) is 1. The average Bonchev–Trinajstić information content (AvgIpc) is 3.23. The average molecular weight is 901 g/mol. The van der Waals surface area contributed by atoms with E-state index < -0.39 is 20.0 Å². The van der Waals surface area contributed by atoms with Gasteiger partial charge in [-0.25, -0.2) is 0 Å². The SMILES string of the molecule is CCCCCCCCCCCCCCCCCCCCCCCCCCCCCCCCC(=O)NC(COP(=O)([O-])OCC[N+](C)(C)C)C(O)CCCCCCCCCCCC. The number of aliphatic hydroxyl groups excluding tert-OH is 1. The maximum absolute atomic E-state index is 12.9. The molecule has 3 unspecified atom stereocenters. The van der Waals surface area contributed by atoms with E-state index in [9.17, 15) is 19.4 Å². The number of phosphoric acid groups is 1. The number of unbranched alkanes of at least 4 members (excludes halogenated alkanes) is 38. The summed E-state index contributed by atoms with van der Waals surface area (Å²) in [7, 11) is 1.32. The van der Waals surface area contributed by atoms with Crippen molar-refractivity contribution in [1.82, 2.24) is 5.32 Å². The number of hydrogen-bond acceptors (Lipinski definition) is 6. The van der Waals surface area contributed by atoms with Crippen LogP contribution < -0.4 is 10.2 Å². The van der Waals surface area contributed by atoms with Gasteiger partial charge in [-0.05, 0) is 12.8 Å². The lowest BCUT2D eigenvalue weighted by Gasteiger charge is -2.30. The molecule has 0 aliphatic carbocycles. The van der Waals surface area contributed by atoms with Crippen LogP contribution in [0.5, 0.6) is 0 Å². The number of phosphoric ester groups is 1. The number of hydrogen-bond donors (Lipinski definition) is 2. The second kappa shape index (κ2) is 45.6. The third-order valence-electron chi connectivity index (χ3n) is 12.8. The van der Waals surface area contributed by atoms with Crippen molar-refractivity contribution in [1.29, 1.82) is 0 Å². The van der Waals surface area contributed by atoms with Crippen LogP contribution in [0.3, 0.4) is 0 Å². The summed E-state index contributed by atoms with van der Waals surface area (Å²) in [6.45, 7) is 4.74. The van der Waals surface area contributed by atoms with E-state index >= 15 is 0 Å². The Morgan fingerprint density at radius 3 is 1.10 bits per heavy atom. The Hall–Kier alpha value is -0.500. The number of amides is 1. The maximum Gasteiger partial charge on any atom is 0.268 e. The highest BCUT2D eigenvalue weighted by atomic mass is 31.2. The Morgan fingerprint density at radius 1 is 0.500 bits per heavy atom. The first kappa shape index (κ1) is 61.5. The fraction of sp³-hybridized carbons (Fsp3) is 0.981. The van der Waals surface area contributed by atoms with Gasteiger partial charge in [0.05, 0.1) is 39.9 Å². The largest absolute Gasteiger partial charge is 0.756 e. The molecule has 0 aromatic heterocycles. The lowest BCUT2D eigenvalue weighted by atomic mass is 10.0. The van der Waals surface area contributed by atoms with Crippen molar-refractivity contribution in [3.63, 3.8) is 0 Å². The molecule has 0 rings (SSSR count). The van der Waals surface area contributed by atoms with Crippen molar-refractivity contribution in [3.8, 4) is 0 Å². The summed E-state index contributed by atoms with van der Waals surface area (Å²) in [6.07, 6.45) is 53.0. The summed E-state index contributed by atoms with van der Waals surface area (Å²) in [5.74, 6) is -0.160. The molecule has 0 aliphatic rings. The van der Waals surface area contributed by atoms with Gasteiger partial charge >= 0.3 is 0 Å². The standard InChI is InChI=1S/C53H109N2O6P/c1-6-8-10-12-14-16-18-19-20-21-22-23-24-25-26-27-28-29-30-31-32-33-34-35-36-37-39-41-43-45-47-53(57)54-51(50-61-62(58,59)60-49-48-55(3,4)5)52(56)46-44-42-40-38-17-15-13-11-9-7-2/h51-52,56H,6-50H2,1-5H3,(H-,54,57,58,59). The molecule has 9 heteroatoms. The third-order valence-corrected chi connectivity index (χ3v) is 13.8. The highest BCUT2D eigenvalue weighted by Crippen LogP contribution is 2.38. The van der Waals surface area contributed by atoms with E-state index in [1.165, 1.54) is 218 Å². The molecule has 1 amide bonds. The summed E-state index contributed by atoms with van der Waals surface area (Å²) in [5, 5.41) is 13.9. The van der Waals surface area contributed by atoms with Gasteiger partial charge < -0.3 is 28.8 Å². The van der Waals surface area contributed by atoms with Crippen molar-refractivity contribution in [2.75, 3.05) is 40.9 Å². The Morgan fingerprint density at radius 2 is 0.790 bits per heavy atom. The van der Waals surface area contributed by atoms with Crippen LogP contribution in [0.25, 0.3) is 0 Å². The van der Waals surface area contributed by atoms with Gasteiger partial charge in [-0.3, -0.25) is 9.36 Å². The number of quaternary nitrogens is 1. The molecule has 372 valence electrons. The van der Waals surface area contributed by atoms with Gasteiger partial charge in [-0.15, -0.1) is 0 Å². The van der Waals surface area contributed by atoms with Gasteiger partial charge in [0, 0.05) is 6.42 Å². The lowest BCUT2D eigenvalue weighted by molar-refractivity contribution is -0.870. The Bertz CT molecular complexity index is 978. The van der Waals surface area contributed by atoms with Crippen molar-refractivity contribution >= 4 is 13.7 Å². The Kier molecular flexibility index (Phi) is 45.3. The van der Waals surface area contributed by atoms with E-state index in [2.05, 4.69) is 19.2 Å². The fourth-order valence-electron chi connectivity index (χ4n) is 8.51. The second-order valence-corrected chi connectivity index (χ2v) is 21.7. The first-order chi connectivity index (χ1) is 30.0. The van der Waals surface area contributed by atoms with Gasteiger partial charge in [0.15, 0.2) is 0 Å². The molecule has 0 fully saturated rings. The summed E-state index contributed by atoms with van der Waals surface area (Å²) in [6, 6.07) is -0.793. The predicted molar refractivity (Wildman–Crippen MR) is 266 cm³/mol. The quantitative estimate of drug-likeness (QED) is 0.0358. The molecule has 8 nitrogen and oxygen atoms in total. The van der Waals surface area contributed by atoms with Gasteiger partial charge in [-0.1, -0.05) is 264 Å². The summed E-state index contributed by atoms with van der Waals surface area (Å²) in [5.41, 5.74) is 0. The van der Waals surface area contributed by atoms with Crippen LogP contribution in [0.1, 0.15) is 284 Å². The highest BCUT2D eigenvalue weighted by Gasteiger charge is 2.24. The lowest BCUT2D eigenvalue weighted by Crippen LogP contribution is -2.46. The maximum atomic E-state index is 12.9. The van der Waals surface area contributed by atoms with E-state index in [1.54, 1.807) is 0 Å². The molecule has 0 aromatic carbocycles. The van der Waals surface area contributed by atoms with Gasteiger partial charge in [0.2, 0.25) is 5.91 Å². The van der Waals surface area contributed by atoms with Crippen LogP contribution in [-0.2, 0) is 18.4 Å². The molecule has 0 aromatic rings. The molecule has 0 radical (unpaired) electrons. The van der Waals surface area contributed by atoms with Crippen LogP contribution in [0.4, 0.5) is 0 Å². The van der Waals surface area contributed by atoms with Crippen LogP contribution >= 0.6 is 7.82 Å². The molecular weight excluding hydrogens is 792 g/mol. The normalized spacial score (nSPS) is 14.0. The van der Waals surface area contributed by atoms with Crippen molar-refractivity contribution in [3.05, 3.63) is 0 Å². The monoisotopic (exact) mass is 901 g/mol. The number of rotatable bonds is 51. The minimum Gasteiger partial charge on any atom is -0.756 e. The van der Waals surface area contributed by atoms with Crippen molar-refractivity contribution < 1.29 is 32.9 Å². The highest BCUT2D eigenvalue weighted by molar-refractivity contribution is 7.45. The molecule has 2 N–H and O–H groups in total. The Balaban J connectivity index is 3.92. The van der Waals surface area contributed by atoms with E-state index in [0.717, 1.165) is 38.5 Å². The van der Waals surface area contributed by atoms with Crippen molar-refractivity contribution in [2.24, 2.45) is 0 Å². The third kappa shape index (κ3) is 47.5. The van der Waals surface area contributed by atoms with Gasteiger partial charge in [0.1, 0.15) is 13.2 Å². The minimum absolute atomic E-state index is 0.0160. The molecule has 0 saturated carbocycles. The van der Waals surface area contributed by atoms with E-state index in [0.29, 0.717) is 23.9 Å².